The molecule has 0 radical (unpaired) electrons. The summed E-state index contributed by atoms with van der Waals surface area (Å²) in [5.41, 5.74) is 0.897. The first-order chi connectivity index (χ1) is 13.7. The van der Waals surface area contributed by atoms with Crippen molar-refractivity contribution in [2.45, 2.75) is 26.4 Å². The summed E-state index contributed by atoms with van der Waals surface area (Å²) in [7, 11) is 3.33. The summed E-state index contributed by atoms with van der Waals surface area (Å²) < 4.78 is 12.4. The van der Waals surface area contributed by atoms with Crippen molar-refractivity contribution in [3.8, 4) is 5.75 Å². The van der Waals surface area contributed by atoms with Gasteiger partial charge < -0.3 is 23.8 Å². The third-order valence-corrected chi connectivity index (χ3v) is 4.99. The highest BCUT2D eigenvalue weighted by atomic mass is 16.6. The molecule has 29 heavy (non-hydrogen) atoms. The van der Waals surface area contributed by atoms with E-state index in [1.165, 1.54) is 0 Å². The van der Waals surface area contributed by atoms with E-state index in [9.17, 15) is 14.4 Å². The Morgan fingerprint density at radius 2 is 1.69 bits per heavy atom. The largest absolute Gasteiger partial charge is 0.497 e. The van der Waals surface area contributed by atoms with Gasteiger partial charge in [-0.2, -0.15) is 0 Å². The Balaban J connectivity index is 1.81. The van der Waals surface area contributed by atoms with E-state index in [2.05, 4.69) is 0 Å². The molecule has 0 unspecified atom stereocenters. The van der Waals surface area contributed by atoms with Crippen molar-refractivity contribution >= 4 is 29.2 Å². The molecule has 1 saturated heterocycles. The van der Waals surface area contributed by atoms with Gasteiger partial charge in [-0.3, -0.25) is 9.59 Å². The van der Waals surface area contributed by atoms with Crippen molar-refractivity contribution in [2.75, 3.05) is 33.3 Å². The predicted octanol–water partition coefficient (Wildman–Crippen LogP) is 2.69. The Labute approximate surface area is 170 Å². The number of hydrogen-bond acceptors (Lipinski definition) is 5. The van der Waals surface area contributed by atoms with Crippen molar-refractivity contribution in [3.05, 3.63) is 29.5 Å². The molecule has 1 aliphatic rings. The van der Waals surface area contributed by atoms with Crippen molar-refractivity contribution in [1.29, 1.82) is 0 Å². The zero-order chi connectivity index (χ0) is 21.3. The van der Waals surface area contributed by atoms with E-state index in [1.54, 1.807) is 46.7 Å². The zero-order valence-electron chi connectivity index (χ0n) is 17.5. The number of methoxy groups -OCH3 is 1. The van der Waals surface area contributed by atoms with Crippen LogP contribution in [0.4, 0.5) is 4.79 Å². The second-order valence-corrected chi connectivity index (χ2v) is 8.08. The van der Waals surface area contributed by atoms with Crippen LogP contribution in [0.25, 0.3) is 10.9 Å². The van der Waals surface area contributed by atoms with E-state index < -0.39 is 5.60 Å². The minimum Gasteiger partial charge on any atom is -0.497 e. The van der Waals surface area contributed by atoms with Gasteiger partial charge in [-0.15, -0.1) is 0 Å². The highest BCUT2D eigenvalue weighted by Crippen LogP contribution is 2.29. The van der Waals surface area contributed by atoms with E-state index in [-0.39, 0.29) is 12.0 Å². The number of carbonyl (C=O) groups is 3. The molecule has 0 saturated carbocycles. The Kier molecular flexibility index (Phi) is 5.55. The van der Waals surface area contributed by atoms with Crippen LogP contribution in [0.2, 0.25) is 0 Å². The van der Waals surface area contributed by atoms with Crippen LogP contribution in [0, 0.1) is 0 Å². The number of rotatable bonds is 3. The smallest absolute Gasteiger partial charge is 0.410 e. The number of aromatic nitrogens is 1. The Morgan fingerprint density at radius 3 is 2.24 bits per heavy atom. The number of hydrogen-bond donors (Lipinski definition) is 0. The van der Waals surface area contributed by atoms with E-state index in [4.69, 9.17) is 9.47 Å². The molecule has 2 aromatic rings. The molecule has 2 heterocycles. The van der Waals surface area contributed by atoms with Gasteiger partial charge in [-0.1, -0.05) is 0 Å². The van der Waals surface area contributed by atoms with E-state index >= 15 is 0 Å². The molecule has 0 bridgehead atoms. The SMILES string of the molecule is COc1ccc2c(C=O)c(C(=O)N3CCN(C(=O)OC(C)(C)C)CC3)n(C)c2c1. The summed E-state index contributed by atoms with van der Waals surface area (Å²) in [6, 6.07) is 5.36. The lowest BCUT2D eigenvalue weighted by Gasteiger charge is -2.35. The highest BCUT2D eigenvalue weighted by molar-refractivity contribution is 6.10. The van der Waals surface area contributed by atoms with Crippen LogP contribution >= 0.6 is 0 Å². The standard InChI is InChI=1S/C21H27N3O5/c1-21(2,3)29-20(27)24-10-8-23(9-11-24)19(26)18-16(13-25)15-7-6-14(28-5)12-17(15)22(18)4/h6-7,12-13H,8-11H2,1-5H3. The number of aryl methyl sites for hydroxylation is 1. The minimum atomic E-state index is -0.562. The molecule has 0 spiro atoms. The molecule has 0 atom stereocenters. The van der Waals surface area contributed by atoms with Crippen LogP contribution in [0.1, 0.15) is 41.6 Å². The molecular weight excluding hydrogens is 374 g/mol. The van der Waals surface area contributed by atoms with E-state index in [1.807, 2.05) is 20.8 Å². The van der Waals surface area contributed by atoms with Crippen LogP contribution in [0.3, 0.4) is 0 Å². The third kappa shape index (κ3) is 4.06. The number of benzene rings is 1. The molecule has 1 fully saturated rings. The maximum absolute atomic E-state index is 13.2. The molecule has 1 aromatic carbocycles. The van der Waals surface area contributed by atoms with Crippen LogP contribution in [-0.4, -0.2) is 71.5 Å². The summed E-state index contributed by atoms with van der Waals surface area (Å²) in [5, 5.41) is 0.707. The molecule has 1 aliphatic heterocycles. The number of ether oxygens (including phenoxy) is 2. The van der Waals surface area contributed by atoms with Crippen LogP contribution in [-0.2, 0) is 11.8 Å². The number of carbonyl (C=O) groups excluding carboxylic acids is 3. The lowest BCUT2D eigenvalue weighted by Crippen LogP contribution is -2.52. The lowest BCUT2D eigenvalue weighted by atomic mass is 10.1. The maximum Gasteiger partial charge on any atom is 0.410 e. The highest BCUT2D eigenvalue weighted by Gasteiger charge is 2.31. The zero-order valence-corrected chi connectivity index (χ0v) is 17.5. The van der Waals surface area contributed by atoms with Gasteiger partial charge in [-0.25, -0.2) is 4.79 Å². The molecule has 3 rings (SSSR count). The minimum absolute atomic E-state index is 0.228. The van der Waals surface area contributed by atoms with Gasteiger partial charge in [0.15, 0.2) is 6.29 Å². The summed E-state index contributed by atoms with van der Waals surface area (Å²) in [6.07, 6.45) is 0.341. The van der Waals surface area contributed by atoms with Crippen LogP contribution < -0.4 is 4.74 Å². The summed E-state index contributed by atoms with van der Waals surface area (Å²) in [5.74, 6) is 0.425. The third-order valence-electron chi connectivity index (χ3n) is 4.99. The number of fused-ring (bicyclic) bond motifs is 1. The van der Waals surface area contributed by atoms with Crippen molar-refractivity contribution < 1.29 is 23.9 Å². The van der Waals surface area contributed by atoms with Gasteiger partial charge >= 0.3 is 6.09 Å². The van der Waals surface area contributed by atoms with Gasteiger partial charge in [0.2, 0.25) is 0 Å². The molecule has 8 nitrogen and oxygen atoms in total. The van der Waals surface area contributed by atoms with E-state index in [0.717, 1.165) is 11.8 Å². The number of amides is 2. The van der Waals surface area contributed by atoms with Gasteiger partial charge in [-0.05, 0) is 32.9 Å². The second-order valence-electron chi connectivity index (χ2n) is 8.08. The van der Waals surface area contributed by atoms with Gasteiger partial charge in [0, 0.05) is 44.7 Å². The molecule has 8 heteroatoms. The van der Waals surface area contributed by atoms with Gasteiger partial charge in [0.05, 0.1) is 18.2 Å². The molecule has 2 amide bonds. The van der Waals surface area contributed by atoms with Crippen molar-refractivity contribution in [1.82, 2.24) is 14.4 Å². The first kappa shape index (κ1) is 20.7. The lowest BCUT2D eigenvalue weighted by molar-refractivity contribution is 0.0139. The molecule has 1 aromatic heterocycles. The fourth-order valence-electron chi connectivity index (χ4n) is 3.52. The fourth-order valence-corrected chi connectivity index (χ4v) is 3.52. The number of nitrogens with zero attached hydrogens (tertiary/aromatic N) is 3. The van der Waals surface area contributed by atoms with E-state index in [0.29, 0.717) is 48.6 Å². The monoisotopic (exact) mass is 401 g/mol. The van der Waals surface area contributed by atoms with Gasteiger partial charge in [0.25, 0.3) is 5.91 Å². The van der Waals surface area contributed by atoms with Crippen molar-refractivity contribution in [3.63, 3.8) is 0 Å². The Morgan fingerprint density at radius 1 is 1.07 bits per heavy atom. The number of aldehydes is 1. The summed E-state index contributed by atoms with van der Waals surface area (Å²) >= 11 is 0. The van der Waals surface area contributed by atoms with Gasteiger partial charge in [0.1, 0.15) is 17.0 Å². The first-order valence-electron chi connectivity index (χ1n) is 9.55. The van der Waals surface area contributed by atoms with Crippen LogP contribution in [0.5, 0.6) is 5.75 Å². The Bertz CT molecular complexity index is 949. The quantitative estimate of drug-likeness (QED) is 0.739. The molecular formula is C21H27N3O5. The topological polar surface area (TPSA) is 81.1 Å². The summed E-state index contributed by atoms with van der Waals surface area (Å²) in [4.78, 5) is 40.5. The molecule has 0 N–H and O–H groups in total. The second kappa shape index (κ2) is 7.77. The van der Waals surface area contributed by atoms with Crippen LogP contribution in [0.15, 0.2) is 18.2 Å². The molecule has 156 valence electrons. The molecule has 0 aliphatic carbocycles. The number of piperazine rings is 1. The Hall–Kier alpha value is -3.03. The first-order valence-corrected chi connectivity index (χ1v) is 9.55. The average Bonchev–Trinajstić information content (AvgIpc) is 2.97. The maximum atomic E-state index is 13.2. The average molecular weight is 401 g/mol. The van der Waals surface area contributed by atoms with Crippen molar-refractivity contribution in [2.24, 2.45) is 7.05 Å². The summed E-state index contributed by atoms with van der Waals surface area (Å²) in [6.45, 7) is 6.98. The fraction of sp³-hybridized carbons (Fsp3) is 0.476. The normalized spacial score (nSPS) is 14.8. The predicted molar refractivity (Wildman–Crippen MR) is 109 cm³/mol.